The third kappa shape index (κ3) is 1.85. The summed E-state index contributed by atoms with van der Waals surface area (Å²) in [5, 5.41) is 0. The predicted octanol–water partition coefficient (Wildman–Crippen LogP) is 3.35. The first-order chi connectivity index (χ1) is 9.25. The molecule has 0 heterocycles. The second kappa shape index (κ2) is 4.17. The molecule has 0 aliphatic heterocycles. The fourth-order valence-corrected chi connectivity index (χ4v) is 4.69. The summed E-state index contributed by atoms with van der Waals surface area (Å²) in [6.45, 7) is 0.582. The SMILES string of the molecule is O=C1C2CC3CC(C2)CC1(OCc1ccccc1)C3. The molecule has 0 spiro atoms. The molecule has 4 saturated carbocycles. The van der Waals surface area contributed by atoms with Gasteiger partial charge in [0.25, 0.3) is 0 Å². The Hall–Kier alpha value is -1.15. The van der Waals surface area contributed by atoms with Crippen LogP contribution in [0, 0.1) is 17.8 Å². The first kappa shape index (κ1) is 11.7. The lowest BCUT2D eigenvalue weighted by Crippen LogP contribution is -2.59. The summed E-state index contributed by atoms with van der Waals surface area (Å²) in [6, 6.07) is 10.2. The summed E-state index contributed by atoms with van der Waals surface area (Å²) in [4.78, 5) is 12.6. The maximum Gasteiger partial charge on any atom is 0.167 e. The molecular weight excluding hydrogens is 236 g/mol. The topological polar surface area (TPSA) is 26.3 Å². The first-order valence-electron chi connectivity index (χ1n) is 7.47. The molecule has 1 aromatic rings. The fraction of sp³-hybridized carbons (Fsp3) is 0.588. The minimum atomic E-state index is -0.426. The van der Waals surface area contributed by atoms with Crippen LogP contribution in [0.25, 0.3) is 0 Å². The Morgan fingerprint density at radius 2 is 1.74 bits per heavy atom. The molecule has 4 fully saturated rings. The van der Waals surface area contributed by atoms with E-state index < -0.39 is 5.60 Å². The molecule has 1 aromatic carbocycles. The number of ketones is 1. The number of ether oxygens (including phenoxy) is 1. The van der Waals surface area contributed by atoms with Crippen LogP contribution >= 0.6 is 0 Å². The Kier molecular flexibility index (Phi) is 2.56. The normalized spacial score (nSPS) is 39.8. The molecule has 0 N–H and O–H groups in total. The van der Waals surface area contributed by atoms with E-state index in [2.05, 4.69) is 12.1 Å². The minimum Gasteiger partial charge on any atom is -0.363 e. The van der Waals surface area contributed by atoms with E-state index in [9.17, 15) is 4.79 Å². The highest BCUT2D eigenvalue weighted by Crippen LogP contribution is 2.55. The fourth-order valence-electron chi connectivity index (χ4n) is 4.69. The highest BCUT2D eigenvalue weighted by atomic mass is 16.5. The zero-order valence-electron chi connectivity index (χ0n) is 11.2. The quantitative estimate of drug-likeness (QED) is 0.829. The van der Waals surface area contributed by atoms with E-state index in [1.165, 1.54) is 12.0 Å². The van der Waals surface area contributed by atoms with Crippen LogP contribution in [0.15, 0.2) is 30.3 Å². The van der Waals surface area contributed by atoms with Crippen molar-refractivity contribution in [1.82, 2.24) is 0 Å². The third-order valence-electron chi connectivity index (χ3n) is 5.32. The monoisotopic (exact) mass is 256 g/mol. The summed E-state index contributed by atoms with van der Waals surface area (Å²) in [7, 11) is 0. The van der Waals surface area contributed by atoms with Gasteiger partial charge in [0.15, 0.2) is 5.78 Å². The summed E-state index contributed by atoms with van der Waals surface area (Å²) >= 11 is 0. The van der Waals surface area contributed by atoms with Gasteiger partial charge in [-0.1, -0.05) is 30.3 Å². The van der Waals surface area contributed by atoms with E-state index >= 15 is 0 Å². The molecule has 5 rings (SSSR count). The molecule has 19 heavy (non-hydrogen) atoms. The van der Waals surface area contributed by atoms with Crippen molar-refractivity contribution >= 4 is 5.78 Å². The summed E-state index contributed by atoms with van der Waals surface area (Å²) < 4.78 is 6.19. The molecule has 0 radical (unpaired) electrons. The number of hydrogen-bond donors (Lipinski definition) is 0. The third-order valence-corrected chi connectivity index (χ3v) is 5.32. The van der Waals surface area contributed by atoms with Crippen LogP contribution in [0.4, 0.5) is 0 Å². The van der Waals surface area contributed by atoms with Crippen LogP contribution in [0.1, 0.15) is 37.7 Å². The Labute approximate surface area is 114 Å². The van der Waals surface area contributed by atoms with Crippen molar-refractivity contribution in [2.45, 2.75) is 44.3 Å². The molecule has 0 amide bonds. The molecule has 4 aliphatic carbocycles. The van der Waals surface area contributed by atoms with Crippen LogP contribution in [-0.4, -0.2) is 11.4 Å². The number of Topliss-reactive ketones (excluding diaryl/α,β-unsaturated/α-hetero) is 1. The van der Waals surface area contributed by atoms with Gasteiger partial charge >= 0.3 is 0 Å². The van der Waals surface area contributed by atoms with Gasteiger partial charge in [-0.05, 0) is 49.5 Å². The number of carbonyl (C=O) groups is 1. The van der Waals surface area contributed by atoms with Crippen molar-refractivity contribution in [3.05, 3.63) is 35.9 Å². The Balaban J connectivity index is 1.54. The van der Waals surface area contributed by atoms with Crippen molar-refractivity contribution in [2.24, 2.45) is 17.8 Å². The van der Waals surface area contributed by atoms with E-state index in [-0.39, 0.29) is 0 Å². The predicted molar refractivity (Wildman–Crippen MR) is 72.5 cm³/mol. The van der Waals surface area contributed by atoms with Crippen LogP contribution < -0.4 is 0 Å². The number of carbonyl (C=O) groups excluding carboxylic acids is 1. The average molecular weight is 256 g/mol. The van der Waals surface area contributed by atoms with Gasteiger partial charge in [0, 0.05) is 5.92 Å². The van der Waals surface area contributed by atoms with Crippen molar-refractivity contribution in [3.63, 3.8) is 0 Å². The van der Waals surface area contributed by atoms with Gasteiger partial charge in [-0.15, -0.1) is 0 Å². The van der Waals surface area contributed by atoms with Crippen LogP contribution in [0.3, 0.4) is 0 Å². The van der Waals surface area contributed by atoms with Crippen LogP contribution in [-0.2, 0) is 16.1 Å². The molecule has 0 aromatic heterocycles. The zero-order valence-corrected chi connectivity index (χ0v) is 11.2. The van der Waals surface area contributed by atoms with Gasteiger partial charge in [-0.2, -0.15) is 0 Å². The zero-order chi connectivity index (χ0) is 12.9. The van der Waals surface area contributed by atoms with E-state index in [0.717, 1.165) is 37.5 Å². The largest absolute Gasteiger partial charge is 0.363 e. The highest BCUT2D eigenvalue weighted by molar-refractivity contribution is 5.91. The van der Waals surface area contributed by atoms with Gasteiger partial charge in [0.2, 0.25) is 0 Å². The Morgan fingerprint density at radius 1 is 1.05 bits per heavy atom. The summed E-state index contributed by atoms with van der Waals surface area (Å²) in [6.07, 6.45) is 5.55. The van der Waals surface area contributed by atoms with Crippen molar-refractivity contribution in [1.29, 1.82) is 0 Å². The van der Waals surface area contributed by atoms with Gasteiger partial charge in [-0.3, -0.25) is 4.79 Å². The van der Waals surface area contributed by atoms with Crippen LogP contribution in [0.2, 0.25) is 0 Å². The van der Waals surface area contributed by atoms with Crippen LogP contribution in [0.5, 0.6) is 0 Å². The Morgan fingerprint density at radius 3 is 2.42 bits per heavy atom. The molecule has 100 valence electrons. The minimum absolute atomic E-state index is 0.307. The van der Waals surface area contributed by atoms with Gasteiger partial charge in [-0.25, -0.2) is 0 Å². The summed E-state index contributed by atoms with van der Waals surface area (Å²) in [5.74, 6) is 2.20. The highest BCUT2D eigenvalue weighted by Gasteiger charge is 2.57. The maximum atomic E-state index is 12.6. The van der Waals surface area contributed by atoms with Gasteiger partial charge in [0.05, 0.1) is 6.61 Å². The first-order valence-corrected chi connectivity index (χ1v) is 7.47. The molecule has 2 nitrogen and oxygen atoms in total. The number of hydrogen-bond acceptors (Lipinski definition) is 2. The van der Waals surface area contributed by atoms with E-state index in [4.69, 9.17) is 4.74 Å². The van der Waals surface area contributed by atoms with Crippen molar-refractivity contribution < 1.29 is 9.53 Å². The Bertz CT molecular complexity index is 479. The van der Waals surface area contributed by atoms with Crippen molar-refractivity contribution in [2.75, 3.05) is 0 Å². The lowest BCUT2D eigenvalue weighted by Gasteiger charge is -2.54. The standard InChI is InChI=1S/C17H20O2/c18-16-15-7-13-6-14(8-15)10-17(16,9-13)19-11-12-4-2-1-3-5-12/h1-5,13-15H,6-11H2. The smallest absolute Gasteiger partial charge is 0.167 e. The average Bonchev–Trinajstić information content (AvgIpc) is 2.43. The molecular formula is C17H20O2. The maximum absolute atomic E-state index is 12.6. The van der Waals surface area contributed by atoms with E-state index in [0.29, 0.717) is 18.3 Å². The van der Waals surface area contributed by atoms with Crippen molar-refractivity contribution in [3.8, 4) is 0 Å². The summed E-state index contributed by atoms with van der Waals surface area (Å²) in [5.41, 5.74) is 0.746. The van der Waals surface area contributed by atoms with Gasteiger partial charge in [0.1, 0.15) is 5.60 Å². The van der Waals surface area contributed by atoms with Gasteiger partial charge < -0.3 is 4.74 Å². The second-order valence-electron chi connectivity index (χ2n) is 6.68. The lowest BCUT2D eigenvalue weighted by atomic mass is 9.53. The molecule has 2 heteroatoms. The second-order valence-corrected chi connectivity index (χ2v) is 6.68. The molecule has 4 bridgehead atoms. The number of rotatable bonds is 3. The molecule has 4 aliphatic rings. The molecule has 0 saturated heterocycles. The molecule has 2 unspecified atom stereocenters. The lowest BCUT2D eigenvalue weighted by molar-refractivity contribution is -0.184. The van der Waals surface area contributed by atoms with E-state index in [1.54, 1.807) is 0 Å². The van der Waals surface area contributed by atoms with E-state index in [1.807, 2.05) is 18.2 Å². The number of benzene rings is 1. The molecule has 2 atom stereocenters.